The molecule has 0 bridgehead atoms. The van der Waals surface area contributed by atoms with Gasteiger partial charge in [-0.05, 0) is 36.8 Å². The average Bonchev–Trinajstić information content (AvgIpc) is 2.78. The van der Waals surface area contributed by atoms with Gasteiger partial charge in [0.25, 0.3) is 5.56 Å². The lowest BCUT2D eigenvalue weighted by molar-refractivity contribution is -0.130. The fraction of sp³-hybridized carbons (Fsp3) is 0.286. The van der Waals surface area contributed by atoms with Crippen molar-refractivity contribution >= 4 is 28.6 Å². The summed E-state index contributed by atoms with van der Waals surface area (Å²) in [6.07, 6.45) is 0.829. The summed E-state index contributed by atoms with van der Waals surface area (Å²) in [7, 11) is 1.32. The number of ether oxygens (including phenoxy) is 3. The van der Waals surface area contributed by atoms with Crippen LogP contribution in [0.3, 0.4) is 0 Å². The number of methoxy groups -OCH3 is 1. The highest BCUT2D eigenvalue weighted by Gasteiger charge is 2.19. The molecule has 1 fully saturated rings. The summed E-state index contributed by atoms with van der Waals surface area (Å²) >= 11 is 1.45. The molecule has 0 radical (unpaired) electrons. The number of aromatic nitrogens is 2. The molecule has 2 aromatic carbocycles. The molecule has 1 atom stereocenters. The van der Waals surface area contributed by atoms with Crippen molar-refractivity contribution in [3.05, 3.63) is 64.4 Å². The van der Waals surface area contributed by atoms with Crippen LogP contribution in [-0.2, 0) is 14.2 Å². The Morgan fingerprint density at radius 2 is 2.10 bits per heavy atom. The first-order valence-corrected chi connectivity index (χ1v) is 10.2. The molecule has 1 aromatic heterocycles. The number of rotatable bonds is 5. The molecule has 2 heterocycles. The fourth-order valence-corrected chi connectivity index (χ4v) is 4.19. The van der Waals surface area contributed by atoms with Gasteiger partial charge in [-0.3, -0.25) is 9.36 Å². The number of para-hydroxylation sites is 1. The highest BCUT2D eigenvalue weighted by atomic mass is 32.2. The SMILES string of the molecule is COC(=O)c1ccc2c(=O)n(-c3ccccc3)c(SC[C@@H]3CCOCO3)nc2c1. The molecule has 4 rings (SSSR count). The molecule has 1 saturated heterocycles. The van der Waals surface area contributed by atoms with Crippen LogP contribution < -0.4 is 5.56 Å². The molecule has 0 spiro atoms. The van der Waals surface area contributed by atoms with Crippen molar-refractivity contribution in [2.75, 3.05) is 26.3 Å². The number of carbonyl (C=O) groups excluding carboxylic acids is 1. The predicted molar refractivity (Wildman–Crippen MR) is 110 cm³/mol. The summed E-state index contributed by atoms with van der Waals surface area (Å²) in [4.78, 5) is 29.9. The second-order valence-corrected chi connectivity index (χ2v) is 7.50. The Balaban J connectivity index is 1.80. The molecule has 29 heavy (non-hydrogen) atoms. The number of hydrogen-bond donors (Lipinski definition) is 0. The minimum Gasteiger partial charge on any atom is -0.465 e. The number of thioether (sulfide) groups is 1. The van der Waals surface area contributed by atoms with Gasteiger partial charge in [0.15, 0.2) is 5.16 Å². The molecule has 0 saturated carbocycles. The fourth-order valence-electron chi connectivity index (χ4n) is 3.11. The van der Waals surface area contributed by atoms with Crippen molar-refractivity contribution < 1.29 is 19.0 Å². The maximum atomic E-state index is 13.3. The van der Waals surface area contributed by atoms with Gasteiger partial charge in [-0.25, -0.2) is 9.78 Å². The standard InChI is InChI=1S/C21H20N2O5S/c1-26-20(25)14-7-8-17-18(11-14)22-21(29-12-16-9-10-27-13-28-16)23(19(17)24)15-5-3-2-4-6-15/h2-8,11,16H,9-10,12-13H2,1H3/t16-/m0/s1. The molecule has 0 unspecified atom stereocenters. The Kier molecular flexibility index (Phi) is 5.94. The van der Waals surface area contributed by atoms with Crippen LogP contribution in [0.4, 0.5) is 0 Å². The van der Waals surface area contributed by atoms with E-state index in [0.29, 0.717) is 34.0 Å². The first-order chi connectivity index (χ1) is 14.2. The molecule has 3 aromatic rings. The summed E-state index contributed by atoms with van der Waals surface area (Å²) in [5.74, 6) is 0.177. The Bertz CT molecular complexity index is 1080. The number of nitrogens with zero attached hydrogens (tertiary/aromatic N) is 2. The van der Waals surface area contributed by atoms with Crippen molar-refractivity contribution in [3.8, 4) is 5.69 Å². The van der Waals surface area contributed by atoms with Crippen LogP contribution in [0.2, 0.25) is 0 Å². The average molecular weight is 412 g/mol. The lowest BCUT2D eigenvalue weighted by Crippen LogP contribution is -2.27. The Morgan fingerprint density at radius 1 is 1.28 bits per heavy atom. The third-order valence-corrected chi connectivity index (χ3v) is 5.71. The minimum absolute atomic E-state index is 0.0342. The van der Waals surface area contributed by atoms with Crippen LogP contribution >= 0.6 is 11.8 Å². The van der Waals surface area contributed by atoms with E-state index in [1.54, 1.807) is 22.8 Å². The van der Waals surface area contributed by atoms with Gasteiger partial charge in [-0.1, -0.05) is 30.0 Å². The smallest absolute Gasteiger partial charge is 0.337 e. The number of fused-ring (bicyclic) bond motifs is 1. The quantitative estimate of drug-likeness (QED) is 0.362. The lowest BCUT2D eigenvalue weighted by atomic mass is 10.1. The van der Waals surface area contributed by atoms with Crippen molar-refractivity contribution in [3.63, 3.8) is 0 Å². The molecular formula is C21H20N2O5S. The first-order valence-electron chi connectivity index (χ1n) is 9.20. The molecule has 1 aliphatic rings. The largest absolute Gasteiger partial charge is 0.465 e. The monoisotopic (exact) mass is 412 g/mol. The maximum Gasteiger partial charge on any atom is 0.337 e. The van der Waals surface area contributed by atoms with Gasteiger partial charge < -0.3 is 14.2 Å². The van der Waals surface area contributed by atoms with E-state index < -0.39 is 5.97 Å². The second kappa shape index (κ2) is 8.77. The molecule has 150 valence electrons. The summed E-state index contributed by atoms with van der Waals surface area (Å²) < 4.78 is 17.2. The second-order valence-electron chi connectivity index (χ2n) is 6.51. The summed E-state index contributed by atoms with van der Waals surface area (Å²) in [5.41, 5.74) is 1.36. The van der Waals surface area contributed by atoms with Crippen LogP contribution in [0.1, 0.15) is 16.8 Å². The zero-order valence-corrected chi connectivity index (χ0v) is 16.7. The first kappa shape index (κ1) is 19.6. The van der Waals surface area contributed by atoms with Crippen LogP contribution in [0.15, 0.2) is 58.5 Å². The van der Waals surface area contributed by atoms with Crippen molar-refractivity contribution in [1.82, 2.24) is 9.55 Å². The van der Waals surface area contributed by atoms with E-state index in [9.17, 15) is 9.59 Å². The highest BCUT2D eigenvalue weighted by Crippen LogP contribution is 2.24. The van der Waals surface area contributed by atoms with Gasteiger partial charge in [0.2, 0.25) is 0 Å². The summed E-state index contributed by atoms with van der Waals surface area (Å²) in [5, 5.41) is 0.985. The number of esters is 1. The van der Waals surface area contributed by atoms with Crippen LogP contribution in [0, 0.1) is 0 Å². The molecule has 8 heteroatoms. The molecule has 0 N–H and O–H groups in total. The normalized spacial score (nSPS) is 16.7. The number of hydrogen-bond acceptors (Lipinski definition) is 7. The number of benzene rings is 2. The molecule has 0 aliphatic carbocycles. The van der Waals surface area contributed by atoms with Crippen LogP contribution in [0.25, 0.3) is 16.6 Å². The maximum absolute atomic E-state index is 13.3. The van der Waals surface area contributed by atoms with Gasteiger partial charge >= 0.3 is 5.97 Å². The summed E-state index contributed by atoms with van der Waals surface area (Å²) in [6, 6.07) is 14.2. The van der Waals surface area contributed by atoms with Crippen molar-refractivity contribution in [2.24, 2.45) is 0 Å². The van der Waals surface area contributed by atoms with E-state index in [-0.39, 0.29) is 18.5 Å². The van der Waals surface area contributed by atoms with E-state index in [1.807, 2.05) is 30.3 Å². The molecule has 1 aliphatic heterocycles. The van der Waals surface area contributed by atoms with Gasteiger partial charge in [0.05, 0.1) is 42.0 Å². The topological polar surface area (TPSA) is 79.7 Å². The van der Waals surface area contributed by atoms with E-state index >= 15 is 0 Å². The zero-order chi connectivity index (χ0) is 20.2. The summed E-state index contributed by atoms with van der Waals surface area (Å²) in [6.45, 7) is 0.939. The van der Waals surface area contributed by atoms with E-state index in [1.165, 1.54) is 18.9 Å². The van der Waals surface area contributed by atoms with Gasteiger partial charge in [0, 0.05) is 5.75 Å². The predicted octanol–water partition coefficient (Wildman–Crippen LogP) is 3.03. The Morgan fingerprint density at radius 3 is 2.83 bits per heavy atom. The highest BCUT2D eigenvalue weighted by molar-refractivity contribution is 7.99. The molecule has 7 nitrogen and oxygen atoms in total. The van der Waals surface area contributed by atoms with Crippen molar-refractivity contribution in [2.45, 2.75) is 17.7 Å². The van der Waals surface area contributed by atoms with E-state index in [2.05, 4.69) is 0 Å². The lowest BCUT2D eigenvalue weighted by Gasteiger charge is -2.22. The van der Waals surface area contributed by atoms with Gasteiger partial charge in [-0.2, -0.15) is 0 Å². The van der Waals surface area contributed by atoms with Gasteiger partial charge in [-0.15, -0.1) is 0 Å². The van der Waals surface area contributed by atoms with Gasteiger partial charge in [0.1, 0.15) is 6.79 Å². The number of carbonyl (C=O) groups is 1. The minimum atomic E-state index is -0.467. The third kappa shape index (κ3) is 4.19. The van der Waals surface area contributed by atoms with Crippen molar-refractivity contribution in [1.29, 1.82) is 0 Å². The zero-order valence-electron chi connectivity index (χ0n) is 15.9. The van der Waals surface area contributed by atoms with Crippen LogP contribution in [-0.4, -0.2) is 47.9 Å². The molecular weight excluding hydrogens is 392 g/mol. The van der Waals surface area contributed by atoms with E-state index in [4.69, 9.17) is 19.2 Å². The van der Waals surface area contributed by atoms with E-state index in [0.717, 1.165) is 12.1 Å². The molecule has 0 amide bonds. The van der Waals surface area contributed by atoms with Crippen LogP contribution in [0.5, 0.6) is 0 Å². The Hall–Kier alpha value is -2.68. The third-order valence-electron chi connectivity index (χ3n) is 4.64. The Labute approximate surface area is 171 Å².